The smallest absolute Gasteiger partial charge is 0.259 e. The summed E-state index contributed by atoms with van der Waals surface area (Å²) in [5.41, 5.74) is 3.15. The van der Waals surface area contributed by atoms with Crippen LogP contribution in [0.1, 0.15) is 17.1 Å². The van der Waals surface area contributed by atoms with E-state index in [4.69, 9.17) is 9.15 Å². The van der Waals surface area contributed by atoms with Crippen LogP contribution in [-0.2, 0) is 16.0 Å². The number of ether oxygens (including phenoxy) is 1. The Morgan fingerprint density at radius 3 is 2.54 bits per heavy atom. The number of carbonyl (C=O) groups excluding carboxylic acids is 2. The number of carbonyl (C=O) groups is 2. The molecule has 1 aromatic carbocycles. The van der Waals surface area contributed by atoms with Gasteiger partial charge in [0.25, 0.3) is 5.91 Å². The van der Waals surface area contributed by atoms with Gasteiger partial charge in [-0.3, -0.25) is 9.59 Å². The van der Waals surface area contributed by atoms with Crippen molar-refractivity contribution in [1.29, 1.82) is 0 Å². The summed E-state index contributed by atoms with van der Waals surface area (Å²) in [6.07, 6.45) is 1.58. The summed E-state index contributed by atoms with van der Waals surface area (Å²) in [5, 5.41) is 6.29. The van der Waals surface area contributed by atoms with Gasteiger partial charge in [0.1, 0.15) is 17.3 Å². The second kappa shape index (κ2) is 8.52. The molecule has 0 saturated heterocycles. The minimum atomic E-state index is -0.419. The molecule has 0 aliphatic heterocycles. The van der Waals surface area contributed by atoms with Crippen LogP contribution in [0.2, 0.25) is 0 Å². The zero-order valence-corrected chi connectivity index (χ0v) is 13.5. The van der Waals surface area contributed by atoms with Crippen LogP contribution >= 0.6 is 0 Å². The van der Waals surface area contributed by atoms with Crippen LogP contribution in [0.4, 0.5) is 0 Å². The molecule has 2 amide bonds. The van der Waals surface area contributed by atoms with Gasteiger partial charge in [-0.15, -0.1) is 0 Å². The van der Waals surface area contributed by atoms with Gasteiger partial charge < -0.3 is 14.5 Å². The monoisotopic (exact) mass is 329 g/mol. The molecule has 0 atom stereocenters. The van der Waals surface area contributed by atoms with E-state index in [9.17, 15) is 9.59 Å². The van der Waals surface area contributed by atoms with Crippen molar-refractivity contribution in [3.05, 3.63) is 53.5 Å². The fourth-order valence-electron chi connectivity index (χ4n) is 1.90. The standard InChI is InChI=1S/C17H19N3O4/c1-12-3-6-15(24-12)10-19-20-17(22)11-18-16(21)9-13-4-7-14(23-2)8-5-13/h3-8,10H,9,11H2,1-2H3,(H,18,21)(H,20,22)/b19-10-. The van der Waals surface area contributed by atoms with E-state index >= 15 is 0 Å². The molecule has 0 aliphatic rings. The SMILES string of the molecule is COc1ccc(CC(=O)NCC(=O)N/N=C\c2ccc(C)o2)cc1. The molecule has 0 fully saturated rings. The molecule has 7 heteroatoms. The van der Waals surface area contributed by atoms with E-state index in [2.05, 4.69) is 15.8 Å². The van der Waals surface area contributed by atoms with E-state index < -0.39 is 5.91 Å². The second-order valence-electron chi connectivity index (χ2n) is 5.04. The lowest BCUT2D eigenvalue weighted by Crippen LogP contribution is -2.35. The Kier molecular flexibility index (Phi) is 6.13. The topological polar surface area (TPSA) is 92.9 Å². The summed E-state index contributed by atoms with van der Waals surface area (Å²) >= 11 is 0. The number of nitrogens with zero attached hydrogens (tertiary/aromatic N) is 1. The highest BCUT2D eigenvalue weighted by Gasteiger charge is 2.06. The number of hydrazone groups is 1. The number of rotatable bonds is 7. The van der Waals surface area contributed by atoms with Crippen molar-refractivity contribution in [3.8, 4) is 5.75 Å². The zero-order valence-electron chi connectivity index (χ0n) is 13.5. The summed E-state index contributed by atoms with van der Waals surface area (Å²) in [6.45, 7) is 1.66. The first-order valence-electron chi connectivity index (χ1n) is 7.35. The first-order chi connectivity index (χ1) is 11.6. The summed E-state index contributed by atoms with van der Waals surface area (Å²) in [6, 6.07) is 10.7. The van der Waals surface area contributed by atoms with Gasteiger partial charge in [0, 0.05) is 0 Å². The molecule has 126 valence electrons. The lowest BCUT2D eigenvalue weighted by Gasteiger charge is -2.05. The van der Waals surface area contributed by atoms with E-state index in [1.54, 1.807) is 43.5 Å². The highest BCUT2D eigenvalue weighted by atomic mass is 16.5. The predicted molar refractivity (Wildman–Crippen MR) is 88.9 cm³/mol. The number of furan rings is 1. The molecular formula is C17H19N3O4. The van der Waals surface area contributed by atoms with Crippen molar-refractivity contribution in [2.75, 3.05) is 13.7 Å². The van der Waals surface area contributed by atoms with E-state index in [-0.39, 0.29) is 18.9 Å². The molecule has 7 nitrogen and oxygen atoms in total. The fraction of sp³-hybridized carbons (Fsp3) is 0.235. The molecule has 24 heavy (non-hydrogen) atoms. The molecular weight excluding hydrogens is 310 g/mol. The van der Waals surface area contributed by atoms with Crippen LogP contribution < -0.4 is 15.5 Å². The third kappa shape index (κ3) is 5.60. The van der Waals surface area contributed by atoms with Gasteiger partial charge in [0.15, 0.2) is 0 Å². The Morgan fingerprint density at radius 2 is 1.92 bits per heavy atom. The summed E-state index contributed by atoms with van der Waals surface area (Å²) in [7, 11) is 1.58. The van der Waals surface area contributed by atoms with Crippen molar-refractivity contribution >= 4 is 18.0 Å². The maximum absolute atomic E-state index is 11.8. The van der Waals surface area contributed by atoms with Gasteiger partial charge >= 0.3 is 0 Å². The number of methoxy groups -OCH3 is 1. The number of nitrogens with one attached hydrogen (secondary N) is 2. The molecule has 0 unspecified atom stereocenters. The van der Waals surface area contributed by atoms with E-state index in [1.165, 1.54) is 6.21 Å². The number of aryl methyl sites for hydroxylation is 1. The van der Waals surface area contributed by atoms with Crippen molar-refractivity contribution in [1.82, 2.24) is 10.7 Å². The lowest BCUT2D eigenvalue weighted by molar-refractivity contribution is -0.125. The molecule has 0 radical (unpaired) electrons. The summed E-state index contributed by atoms with van der Waals surface area (Å²) in [5.74, 6) is 1.35. The highest BCUT2D eigenvalue weighted by Crippen LogP contribution is 2.11. The van der Waals surface area contributed by atoms with Crippen LogP contribution in [0.5, 0.6) is 5.75 Å². The highest BCUT2D eigenvalue weighted by molar-refractivity contribution is 5.86. The molecule has 0 saturated carbocycles. The molecule has 2 aromatic rings. The van der Waals surface area contributed by atoms with Gasteiger partial charge in [0.05, 0.1) is 26.3 Å². The van der Waals surface area contributed by atoms with Crippen molar-refractivity contribution in [3.63, 3.8) is 0 Å². The average molecular weight is 329 g/mol. The first kappa shape index (κ1) is 17.3. The Balaban J connectivity index is 1.70. The minimum absolute atomic E-state index is 0.149. The Bertz CT molecular complexity index is 720. The second-order valence-corrected chi connectivity index (χ2v) is 5.04. The maximum Gasteiger partial charge on any atom is 0.259 e. The third-order valence-electron chi connectivity index (χ3n) is 3.11. The van der Waals surface area contributed by atoms with Gasteiger partial charge in [-0.25, -0.2) is 5.43 Å². The Labute approximate surface area is 139 Å². The van der Waals surface area contributed by atoms with Crippen LogP contribution in [-0.4, -0.2) is 31.7 Å². The third-order valence-corrected chi connectivity index (χ3v) is 3.11. The summed E-state index contributed by atoms with van der Waals surface area (Å²) < 4.78 is 10.3. The van der Waals surface area contributed by atoms with Crippen molar-refractivity contribution in [2.45, 2.75) is 13.3 Å². The Hall–Kier alpha value is -3.09. The van der Waals surface area contributed by atoms with Crippen LogP contribution in [0.3, 0.4) is 0 Å². The Morgan fingerprint density at radius 1 is 1.17 bits per heavy atom. The first-order valence-corrected chi connectivity index (χ1v) is 7.35. The van der Waals surface area contributed by atoms with Crippen LogP contribution in [0.15, 0.2) is 45.9 Å². The molecule has 1 heterocycles. The molecule has 0 aliphatic carbocycles. The molecule has 0 spiro atoms. The maximum atomic E-state index is 11.8. The lowest BCUT2D eigenvalue weighted by atomic mass is 10.1. The van der Waals surface area contributed by atoms with Gasteiger partial charge in [-0.2, -0.15) is 5.10 Å². The number of hydrogen-bond donors (Lipinski definition) is 2. The number of amides is 2. The zero-order chi connectivity index (χ0) is 17.4. The van der Waals surface area contributed by atoms with Crippen LogP contribution in [0, 0.1) is 6.92 Å². The van der Waals surface area contributed by atoms with Crippen LogP contribution in [0.25, 0.3) is 0 Å². The predicted octanol–water partition coefficient (Wildman–Crippen LogP) is 1.41. The molecule has 0 bridgehead atoms. The number of benzene rings is 1. The van der Waals surface area contributed by atoms with Crippen molar-refractivity contribution in [2.24, 2.45) is 5.10 Å². The fourth-order valence-corrected chi connectivity index (χ4v) is 1.90. The van der Waals surface area contributed by atoms with E-state index in [0.717, 1.165) is 17.1 Å². The van der Waals surface area contributed by atoms with Gasteiger partial charge in [-0.05, 0) is 36.8 Å². The molecule has 2 rings (SSSR count). The van der Waals surface area contributed by atoms with E-state index in [0.29, 0.717) is 5.76 Å². The number of hydrogen-bond acceptors (Lipinski definition) is 5. The average Bonchev–Trinajstić information content (AvgIpc) is 2.99. The van der Waals surface area contributed by atoms with Gasteiger partial charge in [0.2, 0.25) is 5.91 Å². The molecule has 2 N–H and O–H groups in total. The van der Waals surface area contributed by atoms with Crippen molar-refractivity contribution < 1.29 is 18.7 Å². The minimum Gasteiger partial charge on any atom is -0.497 e. The summed E-state index contributed by atoms with van der Waals surface area (Å²) in [4.78, 5) is 23.4. The largest absolute Gasteiger partial charge is 0.497 e. The van der Waals surface area contributed by atoms with Gasteiger partial charge in [-0.1, -0.05) is 12.1 Å². The normalized spacial score (nSPS) is 10.6. The molecule has 1 aromatic heterocycles. The van der Waals surface area contributed by atoms with E-state index in [1.807, 2.05) is 6.92 Å². The quantitative estimate of drug-likeness (QED) is 0.593.